The first-order chi connectivity index (χ1) is 11.1. The van der Waals surface area contributed by atoms with Gasteiger partial charge in [-0.3, -0.25) is 9.59 Å². The van der Waals surface area contributed by atoms with Crippen LogP contribution in [-0.4, -0.2) is 52.7 Å². The molecule has 1 amide bonds. The molecular weight excluding hydrogens is 296 g/mol. The van der Waals surface area contributed by atoms with Gasteiger partial charge in [-0.15, -0.1) is 0 Å². The fraction of sp³-hybridized carbons (Fsp3) is 0.412. The summed E-state index contributed by atoms with van der Waals surface area (Å²) in [6.07, 6.45) is 3.66. The molecule has 6 heteroatoms. The zero-order valence-corrected chi connectivity index (χ0v) is 12.8. The number of carbonyl (C=O) groups is 2. The van der Waals surface area contributed by atoms with E-state index in [-0.39, 0.29) is 25.0 Å². The number of aliphatic carboxylic acids is 1. The summed E-state index contributed by atoms with van der Waals surface area (Å²) >= 11 is 0. The van der Waals surface area contributed by atoms with Crippen molar-refractivity contribution in [3.63, 3.8) is 0 Å². The first-order valence-corrected chi connectivity index (χ1v) is 7.83. The number of carboxylic acids is 1. The van der Waals surface area contributed by atoms with Crippen molar-refractivity contribution in [3.05, 3.63) is 36.0 Å². The first-order valence-electron chi connectivity index (χ1n) is 7.83. The van der Waals surface area contributed by atoms with Crippen LogP contribution < -0.4 is 0 Å². The minimum atomic E-state index is -0.906. The molecule has 1 unspecified atom stereocenters. The predicted octanol–water partition coefficient (Wildman–Crippen LogP) is 2.26. The van der Waals surface area contributed by atoms with Crippen molar-refractivity contribution in [1.82, 2.24) is 9.88 Å². The Balaban J connectivity index is 1.77. The Morgan fingerprint density at radius 2 is 2.22 bits per heavy atom. The molecular formula is C17H20N2O4. The van der Waals surface area contributed by atoms with Crippen LogP contribution in [0.3, 0.4) is 0 Å². The molecule has 2 aromatic rings. The number of nitrogens with one attached hydrogen (secondary N) is 1. The van der Waals surface area contributed by atoms with Gasteiger partial charge >= 0.3 is 5.97 Å². The van der Waals surface area contributed by atoms with E-state index in [0.717, 1.165) is 23.7 Å². The van der Waals surface area contributed by atoms with E-state index in [1.165, 1.54) is 0 Å². The van der Waals surface area contributed by atoms with Crippen LogP contribution >= 0.6 is 0 Å². The van der Waals surface area contributed by atoms with Crippen molar-refractivity contribution < 1.29 is 19.4 Å². The smallest absolute Gasteiger partial charge is 0.305 e. The van der Waals surface area contributed by atoms with E-state index in [2.05, 4.69) is 4.98 Å². The lowest BCUT2D eigenvalue weighted by Gasteiger charge is -2.25. The summed E-state index contributed by atoms with van der Waals surface area (Å²) in [5, 5.41) is 9.88. The average Bonchev–Trinajstić information content (AvgIpc) is 3.20. The summed E-state index contributed by atoms with van der Waals surface area (Å²) in [5.41, 5.74) is 1.54. The highest BCUT2D eigenvalue weighted by atomic mass is 16.5. The standard InChI is InChI=1S/C17H20N2O4/c20-16(21)6-8-19(11-14-2-1-9-23-14)17(22)13-3-4-15-12(10-13)5-7-18-15/h3-5,7,10,14,18H,1-2,6,8-9,11H2,(H,20,21). The molecule has 1 aromatic heterocycles. The number of amides is 1. The number of aromatic nitrogens is 1. The van der Waals surface area contributed by atoms with Gasteiger partial charge in [0, 0.05) is 42.4 Å². The van der Waals surface area contributed by atoms with Gasteiger partial charge in [-0.1, -0.05) is 0 Å². The minimum Gasteiger partial charge on any atom is -0.481 e. The van der Waals surface area contributed by atoms with Crippen LogP contribution in [0.1, 0.15) is 29.6 Å². The number of ether oxygens (including phenoxy) is 1. The molecule has 0 saturated carbocycles. The van der Waals surface area contributed by atoms with E-state index in [4.69, 9.17) is 9.84 Å². The van der Waals surface area contributed by atoms with E-state index in [1.807, 2.05) is 24.4 Å². The summed E-state index contributed by atoms with van der Waals surface area (Å²) in [4.78, 5) is 28.3. The third kappa shape index (κ3) is 3.71. The summed E-state index contributed by atoms with van der Waals surface area (Å²) in [6.45, 7) is 1.34. The van der Waals surface area contributed by atoms with E-state index in [1.54, 1.807) is 11.0 Å². The number of rotatable bonds is 6. The van der Waals surface area contributed by atoms with Gasteiger partial charge in [-0.05, 0) is 37.1 Å². The Labute approximate surface area is 134 Å². The molecule has 0 bridgehead atoms. The Kier molecular flexibility index (Phi) is 4.62. The third-order valence-corrected chi connectivity index (χ3v) is 4.13. The summed E-state index contributed by atoms with van der Waals surface area (Å²) in [5.74, 6) is -1.05. The van der Waals surface area contributed by atoms with Crippen molar-refractivity contribution in [2.75, 3.05) is 19.7 Å². The van der Waals surface area contributed by atoms with Crippen molar-refractivity contribution in [3.8, 4) is 0 Å². The maximum absolute atomic E-state index is 12.8. The Bertz CT molecular complexity index is 703. The Morgan fingerprint density at radius 1 is 1.35 bits per heavy atom. The summed E-state index contributed by atoms with van der Waals surface area (Å²) in [6, 6.07) is 7.37. The molecule has 0 spiro atoms. The van der Waals surface area contributed by atoms with Gasteiger partial charge in [0.2, 0.25) is 0 Å². The van der Waals surface area contributed by atoms with E-state index < -0.39 is 5.97 Å². The fourth-order valence-electron chi connectivity index (χ4n) is 2.91. The van der Waals surface area contributed by atoms with Gasteiger partial charge in [-0.25, -0.2) is 0 Å². The Hall–Kier alpha value is -2.34. The molecule has 1 aliphatic heterocycles. The second kappa shape index (κ2) is 6.83. The van der Waals surface area contributed by atoms with Crippen molar-refractivity contribution in [2.24, 2.45) is 0 Å². The van der Waals surface area contributed by atoms with Crippen molar-refractivity contribution in [2.45, 2.75) is 25.4 Å². The molecule has 122 valence electrons. The molecule has 2 heterocycles. The van der Waals surface area contributed by atoms with Crippen LogP contribution in [0.25, 0.3) is 10.9 Å². The van der Waals surface area contributed by atoms with Crippen LogP contribution in [0.15, 0.2) is 30.5 Å². The van der Waals surface area contributed by atoms with Crippen LogP contribution in [0, 0.1) is 0 Å². The number of aromatic amines is 1. The number of carboxylic acid groups (broad SMARTS) is 1. The van der Waals surface area contributed by atoms with Gasteiger partial charge in [-0.2, -0.15) is 0 Å². The first kappa shape index (κ1) is 15.6. The minimum absolute atomic E-state index is 0.00346. The van der Waals surface area contributed by atoms with E-state index in [9.17, 15) is 9.59 Å². The van der Waals surface area contributed by atoms with Crippen LogP contribution in [-0.2, 0) is 9.53 Å². The Morgan fingerprint density at radius 3 is 2.96 bits per heavy atom. The van der Waals surface area contributed by atoms with Crippen LogP contribution in [0.5, 0.6) is 0 Å². The molecule has 6 nitrogen and oxygen atoms in total. The lowest BCUT2D eigenvalue weighted by atomic mass is 10.1. The van der Waals surface area contributed by atoms with Gasteiger partial charge in [0.25, 0.3) is 5.91 Å². The van der Waals surface area contributed by atoms with Crippen LogP contribution in [0.2, 0.25) is 0 Å². The molecule has 0 aliphatic carbocycles. The van der Waals surface area contributed by atoms with Gasteiger partial charge in [0.1, 0.15) is 0 Å². The number of benzene rings is 1. The van der Waals surface area contributed by atoms with Gasteiger partial charge in [0.15, 0.2) is 0 Å². The number of nitrogens with zero attached hydrogens (tertiary/aromatic N) is 1. The third-order valence-electron chi connectivity index (χ3n) is 4.13. The zero-order valence-electron chi connectivity index (χ0n) is 12.8. The topological polar surface area (TPSA) is 82.6 Å². The predicted molar refractivity (Wildman–Crippen MR) is 85.4 cm³/mol. The number of fused-ring (bicyclic) bond motifs is 1. The SMILES string of the molecule is O=C(O)CCN(CC1CCCO1)C(=O)c1ccc2[nH]ccc2c1. The molecule has 3 rings (SSSR count). The van der Waals surface area contributed by atoms with Crippen molar-refractivity contribution in [1.29, 1.82) is 0 Å². The molecule has 0 radical (unpaired) electrons. The lowest BCUT2D eigenvalue weighted by Crippen LogP contribution is -2.38. The summed E-state index contributed by atoms with van der Waals surface area (Å²) < 4.78 is 5.59. The maximum Gasteiger partial charge on any atom is 0.305 e. The number of hydrogen-bond donors (Lipinski definition) is 2. The van der Waals surface area contributed by atoms with E-state index >= 15 is 0 Å². The summed E-state index contributed by atoms with van der Waals surface area (Å²) in [7, 11) is 0. The monoisotopic (exact) mass is 316 g/mol. The van der Waals surface area contributed by atoms with Gasteiger partial charge in [0.05, 0.1) is 12.5 Å². The fourth-order valence-corrected chi connectivity index (χ4v) is 2.91. The molecule has 1 saturated heterocycles. The number of hydrogen-bond acceptors (Lipinski definition) is 3. The van der Waals surface area contributed by atoms with Crippen molar-refractivity contribution >= 4 is 22.8 Å². The quantitative estimate of drug-likeness (QED) is 0.856. The highest BCUT2D eigenvalue weighted by Gasteiger charge is 2.24. The molecule has 1 fully saturated rings. The second-order valence-electron chi connectivity index (χ2n) is 5.81. The molecule has 1 atom stereocenters. The second-order valence-corrected chi connectivity index (χ2v) is 5.81. The van der Waals surface area contributed by atoms with E-state index in [0.29, 0.717) is 18.7 Å². The molecule has 23 heavy (non-hydrogen) atoms. The normalized spacial score (nSPS) is 17.5. The van der Waals surface area contributed by atoms with Crippen LogP contribution in [0.4, 0.5) is 0 Å². The maximum atomic E-state index is 12.8. The molecule has 1 aromatic carbocycles. The van der Waals surface area contributed by atoms with Gasteiger partial charge < -0.3 is 19.7 Å². The number of carbonyl (C=O) groups excluding carboxylic acids is 1. The average molecular weight is 316 g/mol. The lowest BCUT2D eigenvalue weighted by molar-refractivity contribution is -0.137. The highest BCUT2D eigenvalue weighted by molar-refractivity contribution is 5.98. The molecule has 2 N–H and O–H groups in total. The highest BCUT2D eigenvalue weighted by Crippen LogP contribution is 2.18. The zero-order chi connectivity index (χ0) is 16.2. The molecule has 1 aliphatic rings. The largest absolute Gasteiger partial charge is 0.481 e. The number of H-pyrrole nitrogens is 1.